The maximum atomic E-state index is 12.8. The summed E-state index contributed by atoms with van der Waals surface area (Å²) in [5.74, 6) is 1.39. The van der Waals surface area contributed by atoms with Crippen LogP contribution in [0.25, 0.3) is 0 Å². The van der Waals surface area contributed by atoms with Crippen molar-refractivity contribution in [2.45, 2.75) is 31.8 Å². The number of hydrogen-bond acceptors (Lipinski definition) is 7. The van der Waals surface area contributed by atoms with Gasteiger partial charge in [0.05, 0.1) is 34.9 Å². The molecule has 0 aromatic heterocycles. The minimum atomic E-state index is -0.507. The fraction of sp³-hybridized carbons (Fsp3) is 0.417. The molecule has 8 nitrogen and oxygen atoms in total. The third-order valence-electron chi connectivity index (χ3n) is 5.25. The number of carbonyl (C=O) groups is 2. The van der Waals surface area contributed by atoms with Crippen LogP contribution in [0.1, 0.15) is 24.0 Å². The molecule has 1 aliphatic carbocycles. The van der Waals surface area contributed by atoms with Gasteiger partial charge in [-0.15, -0.1) is 0 Å². The van der Waals surface area contributed by atoms with Gasteiger partial charge < -0.3 is 28.6 Å². The number of methoxy groups -OCH3 is 4. The van der Waals surface area contributed by atoms with Gasteiger partial charge in [-0.2, -0.15) is 0 Å². The van der Waals surface area contributed by atoms with Crippen molar-refractivity contribution in [2.75, 3.05) is 35.0 Å². The molecule has 3 rings (SSSR count). The minimum Gasteiger partial charge on any atom is -0.497 e. The molecule has 1 amide bonds. The first-order chi connectivity index (χ1) is 15.5. The summed E-state index contributed by atoms with van der Waals surface area (Å²) in [4.78, 5) is 26.9. The van der Waals surface area contributed by atoms with E-state index in [-0.39, 0.29) is 25.0 Å². The standard InChI is InChI=1S/C24H29NO7/c1-28-19-9-5-16(6-10-19)14-25(18-7-8-18)22(26)15-32-23(27)13-17-11-20(29-2)24(31-4)21(12-17)30-3/h5-6,9-12,18H,7-8,13-15H2,1-4H3. The van der Waals surface area contributed by atoms with Crippen molar-refractivity contribution < 1.29 is 33.3 Å². The first-order valence-electron chi connectivity index (χ1n) is 10.4. The van der Waals surface area contributed by atoms with Crippen LogP contribution in [0.15, 0.2) is 36.4 Å². The van der Waals surface area contributed by atoms with Crippen LogP contribution in [0, 0.1) is 0 Å². The third kappa shape index (κ3) is 5.84. The van der Waals surface area contributed by atoms with E-state index in [9.17, 15) is 9.59 Å². The second-order valence-electron chi connectivity index (χ2n) is 7.47. The lowest BCUT2D eigenvalue weighted by Crippen LogP contribution is -2.36. The molecule has 32 heavy (non-hydrogen) atoms. The Labute approximate surface area is 188 Å². The monoisotopic (exact) mass is 443 g/mol. The first kappa shape index (κ1) is 23.2. The molecule has 0 radical (unpaired) electrons. The highest BCUT2D eigenvalue weighted by Crippen LogP contribution is 2.38. The summed E-state index contributed by atoms with van der Waals surface area (Å²) in [6.07, 6.45) is 1.90. The number of ether oxygens (including phenoxy) is 5. The van der Waals surface area contributed by atoms with Crippen LogP contribution < -0.4 is 18.9 Å². The molecule has 1 fully saturated rings. The van der Waals surface area contributed by atoms with Gasteiger partial charge in [-0.3, -0.25) is 9.59 Å². The van der Waals surface area contributed by atoms with Crippen molar-refractivity contribution in [1.82, 2.24) is 4.90 Å². The van der Waals surface area contributed by atoms with Crippen LogP contribution in [0.3, 0.4) is 0 Å². The van der Waals surface area contributed by atoms with Crippen LogP contribution >= 0.6 is 0 Å². The summed E-state index contributed by atoms with van der Waals surface area (Å²) in [5, 5.41) is 0. The van der Waals surface area contributed by atoms with E-state index in [1.807, 2.05) is 24.3 Å². The van der Waals surface area contributed by atoms with Gasteiger partial charge in [-0.05, 0) is 48.2 Å². The molecule has 0 atom stereocenters. The Balaban J connectivity index is 1.58. The number of benzene rings is 2. The van der Waals surface area contributed by atoms with Crippen LogP contribution in [-0.4, -0.2) is 57.9 Å². The minimum absolute atomic E-state index is 0.0219. The highest BCUT2D eigenvalue weighted by molar-refractivity contribution is 5.82. The quantitative estimate of drug-likeness (QED) is 0.494. The van der Waals surface area contributed by atoms with E-state index in [1.54, 1.807) is 24.1 Å². The Morgan fingerprint density at radius 3 is 2.00 bits per heavy atom. The molecule has 2 aromatic rings. The maximum absolute atomic E-state index is 12.8. The third-order valence-corrected chi connectivity index (χ3v) is 5.25. The molecular formula is C24H29NO7. The Bertz CT molecular complexity index is 913. The summed E-state index contributed by atoms with van der Waals surface area (Å²) in [7, 11) is 6.14. The molecule has 1 aliphatic rings. The van der Waals surface area contributed by atoms with E-state index in [0.717, 1.165) is 24.2 Å². The normalized spacial score (nSPS) is 12.6. The maximum Gasteiger partial charge on any atom is 0.310 e. The molecule has 1 saturated carbocycles. The zero-order valence-corrected chi connectivity index (χ0v) is 18.9. The van der Waals surface area contributed by atoms with E-state index in [0.29, 0.717) is 29.4 Å². The molecule has 0 saturated heterocycles. The second kappa shape index (κ2) is 10.7. The van der Waals surface area contributed by atoms with E-state index < -0.39 is 5.97 Å². The molecule has 2 aromatic carbocycles. The molecule has 0 unspecified atom stereocenters. The first-order valence-corrected chi connectivity index (χ1v) is 10.4. The van der Waals surface area contributed by atoms with E-state index >= 15 is 0 Å². The van der Waals surface area contributed by atoms with Crippen molar-refractivity contribution in [2.24, 2.45) is 0 Å². The Morgan fingerprint density at radius 2 is 1.50 bits per heavy atom. The molecule has 172 valence electrons. The lowest BCUT2D eigenvalue weighted by Gasteiger charge is -2.22. The van der Waals surface area contributed by atoms with Gasteiger partial charge in [0.1, 0.15) is 5.75 Å². The summed E-state index contributed by atoms with van der Waals surface area (Å²) in [6, 6.07) is 11.1. The number of hydrogen-bond donors (Lipinski definition) is 0. The molecule has 0 bridgehead atoms. The Hall–Kier alpha value is -3.42. The van der Waals surface area contributed by atoms with Gasteiger partial charge in [0, 0.05) is 12.6 Å². The molecule has 0 spiro atoms. The predicted octanol–water partition coefficient (Wildman–Crippen LogP) is 3.00. The SMILES string of the molecule is COc1ccc(CN(C(=O)COC(=O)Cc2cc(OC)c(OC)c(OC)c2)C2CC2)cc1. The van der Waals surface area contributed by atoms with E-state index in [2.05, 4.69) is 0 Å². The van der Waals surface area contributed by atoms with Gasteiger partial charge in [0.2, 0.25) is 5.75 Å². The van der Waals surface area contributed by atoms with Crippen molar-refractivity contribution in [3.05, 3.63) is 47.5 Å². The fourth-order valence-corrected chi connectivity index (χ4v) is 3.42. The van der Waals surface area contributed by atoms with Gasteiger partial charge in [0.25, 0.3) is 5.91 Å². The molecular weight excluding hydrogens is 414 g/mol. The topological polar surface area (TPSA) is 83.5 Å². The smallest absolute Gasteiger partial charge is 0.310 e. The van der Waals surface area contributed by atoms with Crippen molar-refractivity contribution in [1.29, 1.82) is 0 Å². The van der Waals surface area contributed by atoms with E-state index in [4.69, 9.17) is 23.7 Å². The lowest BCUT2D eigenvalue weighted by atomic mass is 10.1. The molecule has 0 N–H and O–H groups in total. The number of nitrogens with zero attached hydrogens (tertiary/aromatic N) is 1. The zero-order valence-electron chi connectivity index (χ0n) is 18.9. The van der Waals surface area contributed by atoms with Gasteiger partial charge >= 0.3 is 5.97 Å². The van der Waals surface area contributed by atoms with Gasteiger partial charge in [-0.1, -0.05) is 12.1 Å². The summed E-state index contributed by atoms with van der Waals surface area (Å²) in [6.45, 7) is 0.174. The van der Waals surface area contributed by atoms with Gasteiger partial charge in [-0.25, -0.2) is 0 Å². The lowest BCUT2D eigenvalue weighted by molar-refractivity contribution is -0.152. The fourth-order valence-electron chi connectivity index (χ4n) is 3.42. The van der Waals surface area contributed by atoms with Crippen LogP contribution in [0.5, 0.6) is 23.0 Å². The van der Waals surface area contributed by atoms with Crippen molar-refractivity contribution in [3.8, 4) is 23.0 Å². The number of rotatable bonds is 11. The summed E-state index contributed by atoms with van der Waals surface area (Å²) < 4.78 is 26.4. The largest absolute Gasteiger partial charge is 0.497 e. The van der Waals surface area contributed by atoms with Crippen molar-refractivity contribution in [3.63, 3.8) is 0 Å². The number of amides is 1. The molecule has 8 heteroatoms. The predicted molar refractivity (Wildman–Crippen MR) is 117 cm³/mol. The van der Waals surface area contributed by atoms with Crippen molar-refractivity contribution >= 4 is 11.9 Å². The average Bonchev–Trinajstić information content (AvgIpc) is 3.66. The zero-order chi connectivity index (χ0) is 23.1. The van der Waals surface area contributed by atoms with Crippen LogP contribution in [0.4, 0.5) is 0 Å². The summed E-state index contributed by atoms with van der Waals surface area (Å²) in [5.41, 5.74) is 1.63. The average molecular weight is 443 g/mol. The Morgan fingerprint density at radius 1 is 0.875 bits per heavy atom. The number of carbonyl (C=O) groups excluding carboxylic acids is 2. The van der Waals surface area contributed by atoms with Gasteiger partial charge in [0.15, 0.2) is 18.1 Å². The summed E-state index contributed by atoms with van der Waals surface area (Å²) >= 11 is 0. The molecule has 0 heterocycles. The number of esters is 1. The van der Waals surface area contributed by atoms with Crippen LogP contribution in [-0.2, 0) is 27.3 Å². The highest BCUT2D eigenvalue weighted by atomic mass is 16.5. The van der Waals surface area contributed by atoms with E-state index in [1.165, 1.54) is 21.3 Å². The second-order valence-corrected chi connectivity index (χ2v) is 7.47. The molecule has 0 aliphatic heterocycles. The van der Waals surface area contributed by atoms with Crippen LogP contribution in [0.2, 0.25) is 0 Å². The Kier molecular flexibility index (Phi) is 7.81. The highest BCUT2D eigenvalue weighted by Gasteiger charge is 2.33.